The van der Waals surface area contributed by atoms with Gasteiger partial charge in [0.15, 0.2) is 11.7 Å². The summed E-state index contributed by atoms with van der Waals surface area (Å²) >= 11 is 0. The number of aromatic nitrogens is 1. The molecule has 29 heavy (non-hydrogen) atoms. The minimum Gasteiger partial charge on any atom is -0.490 e. The molecule has 1 aliphatic rings. The Hall–Kier alpha value is -1.77. The average molecular weight is 512 g/mol. The van der Waals surface area contributed by atoms with E-state index in [2.05, 4.69) is 54.8 Å². The molecule has 0 spiro atoms. The highest BCUT2D eigenvalue weighted by Crippen LogP contribution is 2.28. The van der Waals surface area contributed by atoms with Crippen LogP contribution < -0.4 is 15.4 Å². The van der Waals surface area contributed by atoms with Gasteiger partial charge >= 0.3 is 0 Å². The Morgan fingerprint density at radius 3 is 2.69 bits per heavy atom. The van der Waals surface area contributed by atoms with Crippen LogP contribution in [-0.4, -0.2) is 23.8 Å². The summed E-state index contributed by atoms with van der Waals surface area (Å²) in [4.78, 5) is 4.74. The molecule has 0 saturated heterocycles. The lowest BCUT2D eigenvalue weighted by molar-refractivity contribution is 0.208. The van der Waals surface area contributed by atoms with Crippen molar-refractivity contribution in [2.45, 2.75) is 72.1 Å². The van der Waals surface area contributed by atoms with Crippen LogP contribution in [-0.2, 0) is 19.5 Å². The van der Waals surface area contributed by atoms with Crippen molar-refractivity contribution in [3.8, 4) is 5.75 Å². The molecule has 2 N–H and O–H groups in total. The molecule has 0 bridgehead atoms. The highest BCUT2D eigenvalue weighted by Gasteiger charge is 2.18. The van der Waals surface area contributed by atoms with Gasteiger partial charge in [-0.05, 0) is 57.6 Å². The Labute approximate surface area is 190 Å². The Bertz CT molecular complexity index is 785. The van der Waals surface area contributed by atoms with Crippen molar-refractivity contribution in [1.82, 2.24) is 15.8 Å². The molecule has 6 nitrogen and oxygen atoms in total. The summed E-state index contributed by atoms with van der Waals surface area (Å²) in [6.45, 7) is 8.13. The van der Waals surface area contributed by atoms with Crippen LogP contribution in [0.1, 0.15) is 62.1 Å². The van der Waals surface area contributed by atoms with E-state index < -0.39 is 0 Å². The van der Waals surface area contributed by atoms with Gasteiger partial charge in [-0.25, -0.2) is 4.99 Å². The van der Waals surface area contributed by atoms with Crippen molar-refractivity contribution in [3.05, 3.63) is 46.8 Å². The lowest BCUT2D eigenvalue weighted by atomic mass is 10.1. The molecule has 1 aromatic carbocycles. The van der Waals surface area contributed by atoms with Crippen LogP contribution in [0.15, 0.2) is 33.8 Å². The first-order chi connectivity index (χ1) is 13.7. The second-order valence-electron chi connectivity index (χ2n) is 7.32. The van der Waals surface area contributed by atoms with Crippen LogP contribution in [0.25, 0.3) is 0 Å². The molecule has 0 radical (unpaired) electrons. The molecule has 3 rings (SSSR count). The molecule has 2 aromatic rings. The lowest BCUT2D eigenvalue weighted by Gasteiger charge is -2.17. The first kappa shape index (κ1) is 23.5. The summed E-state index contributed by atoms with van der Waals surface area (Å²) in [6, 6.07) is 8.35. The fraction of sp³-hybridized carbons (Fsp3) is 0.545. The van der Waals surface area contributed by atoms with E-state index in [0.717, 1.165) is 54.5 Å². The van der Waals surface area contributed by atoms with E-state index in [0.29, 0.717) is 19.2 Å². The molecule has 1 aliphatic carbocycles. The normalized spacial score (nSPS) is 14.5. The van der Waals surface area contributed by atoms with Crippen LogP contribution in [0.4, 0.5) is 0 Å². The van der Waals surface area contributed by atoms with E-state index in [1.54, 1.807) is 0 Å². The lowest BCUT2D eigenvalue weighted by Crippen LogP contribution is -2.36. The Morgan fingerprint density at radius 2 is 2.00 bits per heavy atom. The third kappa shape index (κ3) is 7.21. The van der Waals surface area contributed by atoms with Gasteiger partial charge in [0.1, 0.15) is 5.75 Å². The number of hydrogen-bond donors (Lipinski definition) is 2. The van der Waals surface area contributed by atoms with Crippen LogP contribution in [0.2, 0.25) is 0 Å². The Balaban J connectivity index is 0.00000300. The number of hydrogen-bond acceptors (Lipinski definition) is 4. The minimum absolute atomic E-state index is 0. The van der Waals surface area contributed by atoms with Gasteiger partial charge < -0.3 is 19.9 Å². The molecule has 160 valence electrons. The van der Waals surface area contributed by atoms with Crippen LogP contribution in [0, 0.1) is 6.92 Å². The molecule has 1 saturated carbocycles. The van der Waals surface area contributed by atoms with E-state index >= 15 is 0 Å². The molecular weight excluding hydrogens is 479 g/mol. The maximum absolute atomic E-state index is 6.29. The summed E-state index contributed by atoms with van der Waals surface area (Å²) in [5, 5.41) is 10.6. The van der Waals surface area contributed by atoms with Gasteiger partial charge in [0.05, 0.1) is 24.9 Å². The number of halogens is 1. The molecule has 1 heterocycles. The maximum atomic E-state index is 6.29. The van der Waals surface area contributed by atoms with Crippen molar-refractivity contribution < 1.29 is 9.26 Å². The van der Waals surface area contributed by atoms with E-state index in [4.69, 9.17) is 14.3 Å². The fourth-order valence-electron chi connectivity index (χ4n) is 3.37. The second-order valence-corrected chi connectivity index (χ2v) is 7.32. The van der Waals surface area contributed by atoms with Gasteiger partial charge in [0, 0.05) is 18.2 Å². The molecule has 1 fully saturated rings. The number of benzene rings is 1. The number of nitrogens with one attached hydrogen (secondary N) is 2. The molecule has 0 atom stereocenters. The predicted molar refractivity (Wildman–Crippen MR) is 127 cm³/mol. The van der Waals surface area contributed by atoms with Crippen LogP contribution in [0.3, 0.4) is 0 Å². The van der Waals surface area contributed by atoms with Gasteiger partial charge in [0.2, 0.25) is 0 Å². The number of rotatable bonds is 8. The third-order valence-electron chi connectivity index (χ3n) is 4.97. The predicted octanol–water partition coefficient (Wildman–Crippen LogP) is 4.74. The van der Waals surface area contributed by atoms with Crippen molar-refractivity contribution in [1.29, 1.82) is 0 Å². The van der Waals surface area contributed by atoms with E-state index in [1.165, 1.54) is 18.4 Å². The third-order valence-corrected chi connectivity index (χ3v) is 4.97. The Morgan fingerprint density at radius 1 is 1.21 bits per heavy atom. The molecule has 0 amide bonds. The summed E-state index contributed by atoms with van der Waals surface area (Å²) in [7, 11) is 0. The summed E-state index contributed by atoms with van der Waals surface area (Å²) in [5.41, 5.74) is 3.29. The van der Waals surface area contributed by atoms with E-state index in [-0.39, 0.29) is 24.0 Å². The standard InChI is InChI=1S/C22H32N4O2.HI/c1-4-18-13-20(28-26-18)15-25-22(23-5-2)24-14-17-11-10-16(3)12-21(17)27-19-8-6-7-9-19;/h10-13,19H,4-9,14-15H2,1-3H3,(H2,23,24,25);1H. The zero-order valence-corrected chi connectivity index (χ0v) is 20.0. The smallest absolute Gasteiger partial charge is 0.191 e. The van der Waals surface area contributed by atoms with E-state index in [1.807, 2.05) is 6.07 Å². The maximum Gasteiger partial charge on any atom is 0.191 e. The average Bonchev–Trinajstić information content (AvgIpc) is 3.37. The highest BCUT2D eigenvalue weighted by molar-refractivity contribution is 14.0. The quantitative estimate of drug-likeness (QED) is 0.304. The van der Waals surface area contributed by atoms with Crippen molar-refractivity contribution in [2.75, 3.05) is 6.54 Å². The SMILES string of the molecule is CCNC(=NCc1ccc(C)cc1OC1CCCC1)NCc1cc(CC)no1.I. The molecule has 0 aliphatic heterocycles. The monoisotopic (exact) mass is 512 g/mol. The van der Waals surface area contributed by atoms with Crippen LogP contribution in [0.5, 0.6) is 5.75 Å². The molecule has 7 heteroatoms. The van der Waals surface area contributed by atoms with Gasteiger partial charge in [-0.2, -0.15) is 0 Å². The largest absolute Gasteiger partial charge is 0.490 e. The molecular formula is C22H33IN4O2. The first-order valence-corrected chi connectivity index (χ1v) is 10.4. The number of nitrogens with zero attached hydrogens (tertiary/aromatic N) is 2. The summed E-state index contributed by atoms with van der Waals surface area (Å²) < 4.78 is 11.6. The zero-order chi connectivity index (χ0) is 19.8. The molecule has 1 aromatic heterocycles. The fourth-order valence-corrected chi connectivity index (χ4v) is 3.37. The summed E-state index contributed by atoms with van der Waals surface area (Å²) in [6.07, 6.45) is 6.04. The van der Waals surface area contributed by atoms with Crippen molar-refractivity contribution in [3.63, 3.8) is 0 Å². The minimum atomic E-state index is 0. The van der Waals surface area contributed by atoms with Crippen molar-refractivity contribution in [2.24, 2.45) is 4.99 Å². The second kappa shape index (κ2) is 12.0. The van der Waals surface area contributed by atoms with Gasteiger partial charge in [-0.3, -0.25) is 0 Å². The van der Waals surface area contributed by atoms with Crippen molar-refractivity contribution >= 4 is 29.9 Å². The number of aryl methyl sites for hydroxylation is 2. The van der Waals surface area contributed by atoms with Gasteiger partial charge in [-0.1, -0.05) is 24.2 Å². The topological polar surface area (TPSA) is 71.7 Å². The van der Waals surface area contributed by atoms with Gasteiger partial charge in [0.25, 0.3) is 0 Å². The zero-order valence-electron chi connectivity index (χ0n) is 17.7. The van der Waals surface area contributed by atoms with Crippen LogP contribution >= 0.6 is 24.0 Å². The molecule has 0 unspecified atom stereocenters. The number of aliphatic imine (C=N–C) groups is 1. The Kier molecular flexibility index (Phi) is 9.76. The number of ether oxygens (including phenoxy) is 1. The van der Waals surface area contributed by atoms with E-state index in [9.17, 15) is 0 Å². The van der Waals surface area contributed by atoms with Gasteiger partial charge in [-0.15, -0.1) is 24.0 Å². The highest BCUT2D eigenvalue weighted by atomic mass is 127. The summed E-state index contributed by atoms with van der Waals surface area (Å²) in [5.74, 6) is 2.53. The number of guanidine groups is 1. The first-order valence-electron chi connectivity index (χ1n) is 10.4.